The number of anilines is 6. The van der Waals surface area contributed by atoms with Crippen LogP contribution >= 0.6 is 0 Å². The third-order valence-corrected chi connectivity index (χ3v) is 9.05. The van der Waals surface area contributed by atoms with Gasteiger partial charge in [0.1, 0.15) is 11.5 Å². The molecule has 0 unspecified atom stereocenters. The summed E-state index contributed by atoms with van der Waals surface area (Å²) in [5.74, 6) is 1.71. The molecule has 246 valence electrons. The molecule has 0 heterocycles. The molecule has 0 radical (unpaired) electrons. The highest BCUT2D eigenvalue weighted by Gasteiger charge is 2.17. The van der Waals surface area contributed by atoms with E-state index in [0.29, 0.717) is 0 Å². The van der Waals surface area contributed by atoms with Crippen molar-refractivity contribution in [1.29, 1.82) is 0 Å². The van der Waals surface area contributed by atoms with Gasteiger partial charge in [-0.25, -0.2) is 0 Å². The van der Waals surface area contributed by atoms with Gasteiger partial charge >= 0.3 is 0 Å². The van der Waals surface area contributed by atoms with Crippen LogP contribution in [-0.2, 0) is 0 Å². The van der Waals surface area contributed by atoms with Crippen LogP contribution in [0.5, 0.6) is 11.5 Å². The summed E-state index contributed by atoms with van der Waals surface area (Å²) in [5, 5.41) is 0. The summed E-state index contributed by atoms with van der Waals surface area (Å²) < 4.78 is 10.7. The predicted molar refractivity (Wildman–Crippen MR) is 209 cm³/mol. The molecular weight excluding hydrogens is 613 g/mol. The average Bonchev–Trinajstić information content (AvgIpc) is 3.18. The maximum absolute atomic E-state index is 5.35. The summed E-state index contributed by atoms with van der Waals surface area (Å²) in [6.07, 6.45) is 0. The van der Waals surface area contributed by atoms with Crippen LogP contribution in [0.2, 0.25) is 0 Å². The van der Waals surface area contributed by atoms with E-state index in [4.69, 9.17) is 9.47 Å². The molecule has 0 aliphatic heterocycles. The van der Waals surface area contributed by atoms with E-state index in [-0.39, 0.29) is 0 Å². The third-order valence-electron chi connectivity index (χ3n) is 9.05. The number of methoxy groups -OCH3 is 2. The predicted octanol–water partition coefficient (Wildman–Crippen LogP) is 12.6. The molecule has 7 aromatic carbocycles. The average molecular weight is 653 g/mol. The number of aryl methyl sites for hydroxylation is 2. The van der Waals surface area contributed by atoms with E-state index in [0.717, 1.165) is 67.9 Å². The van der Waals surface area contributed by atoms with Crippen LogP contribution in [0, 0.1) is 13.8 Å². The molecule has 0 aliphatic carbocycles. The quantitative estimate of drug-likeness (QED) is 0.147. The number of ether oxygens (including phenoxy) is 2. The van der Waals surface area contributed by atoms with Crippen molar-refractivity contribution in [3.63, 3.8) is 0 Å². The summed E-state index contributed by atoms with van der Waals surface area (Å²) in [4.78, 5) is 4.61. The minimum absolute atomic E-state index is 0.853. The molecule has 0 bridgehead atoms. The highest BCUT2D eigenvalue weighted by atomic mass is 16.5. The van der Waals surface area contributed by atoms with E-state index in [1.807, 2.05) is 24.3 Å². The molecule has 7 aromatic rings. The molecular formula is C46H40N2O2. The van der Waals surface area contributed by atoms with Crippen molar-refractivity contribution in [2.24, 2.45) is 0 Å². The van der Waals surface area contributed by atoms with Crippen molar-refractivity contribution in [3.05, 3.63) is 181 Å². The van der Waals surface area contributed by atoms with Gasteiger partial charge in [-0.15, -0.1) is 0 Å². The van der Waals surface area contributed by atoms with E-state index in [9.17, 15) is 0 Å². The second kappa shape index (κ2) is 14.5. The first-order valence-corrected chi connectivity index (χ1v) is 16.8. The molecule has 0 saturated heterocycles. The second-order valence-electron chi connectivity index (χ2n) is 12.4. The van der Waals surface area contributed by atoms with Crippen molar-refractivity contribution in [2.45, 2.75) is 13.8 Å². The van der Waals surface area contributed by atoms with Crippen LogP contribution in [0.3, 0.4) is 0 Å². The zero-order valence-corrected chi connectivity index (χ0v) is 28.9. The monoisotopic (exact) mass is 652 g/mol. The van der Waals surface area contributed by atoms with Gasteiger partial charge in [0.25, 0.3) is 0 Å². The Morgan fingerprint density at radius 3 is 0.720 bits per heavy atom. The summed E-state index contributed by atoms with van der Waals surface area (Å²) in [6, 6.07) is 60.1. The van der Waals surface area contributed by atoms with Crippen LogP contribution in [0.25, 0.3) is 22.3 Å². The molecule has 0 spiro atoms. The number of nitrogens with zero attached hydrogens (tertiary/aromatic N) is 2. The molecule has 0 amide bonds. The minimum Gasteiger partial charge on any atom is -0.497 e. The van der Waals surface area contributed by atoms with Gasteiger partial charge in [0.2, 0.25) is 0 Å². The van der Waals surface area contributed by atoms with Gasteiger partial charge in [-0.2, -0.15) is 0 Å². The minimum atomic E-state index is 0.853. The Morgan fingerprint density at radius 1 is 0.280 bits per heavy atom. The van der Waals surface area contributed by atoms with Crippen LogP contribution in [0.1, 0.15) is 11.1 Å². The first-order valence-electron chi connectivity index (χ1n) is 16.8. The summed E-state index contributed by atoms with van der Waals surface area (Å²) >= 11 is 0. The van der Waals surface area contributed by atoms with Crippen LogP contribution in [-0.4, -0.2) is 14.2 Å². The van der Waals surface area contributed by atoms with Gasteiger partial charge in [0.15, 0.2) is 0 Å². The Labute approximate surface area is 295 Å². The summed E-state index contributed by atoms with van der Waals surface area (Å²) in [7, 11) is 3.38. The largest absolute Gasteiger partial charge is 0.497 e. The molecule has 0 aromatic heterocycles. The molecule has 0 atom stereocenters. The zero-order chi connectivity index (χ0) is 34.5. The van der Waals surface area contributed by atoms with E-state index >= 15 is 0 Å². The SMILES string of the molecule is COc1ccc(-c2ccc(N(c3ccc(C)cc3)c3ccc(N(c4ccc(C)cc4)c4ccc(-c5ccc(OC)cc5)cc4)cc3)cc2)cc1. The fourth-order valence-electron chi connectivity index (χ4n) is 6.21. The van der Waals surface area contributed by atoms with Crippen molar-refractivity contribution in [2.75, 3.05) is 24.0 Å². The van der Waals surface area contributed by atoms with E-state index in [1.54, 1.807) is 14.2 Å². The zero-order valence-electron chi connectivity index (χ0n) is 28.9. The fraction of sp³-hybridized carbons (Fsp3) is 0.0870. The second-order valence-corrected chi connectivity index (χ2v) is 12.4. The first-order chi connectivity index (χ1) is 24.5. The van der Waals surface area contributed by atoms with Gasteiger partial charge in [-0.1, -0.05) is 83.9 Å². The summed E-state index contributed by atoms with van der Waals surface area (Å²) in [6.45, 7) is 4.24. The van der Waals surface area contributed by atoms with Crippen LogP contribution in [0.4, 0.5) is 34.1 Å². The Hall–Kier alpha value is -6.26. The Balaban J connectivity index is 1.23. The molecule has 0 saturated carbocycles. The molecule has 4 heteroatoms. The number of hydrogen-bond acceptors (Lipinski definition) is 4. The Kier molecular flexibility index (Phi) is 9.35. The van der Waals surface area contributed by atoms with Crippen molar-refractivity contribution in [1.82, 2.24) is 0 Å². The van der Waals surface area contributed by atoms with E-state index < -0.39 is 0 Å². The highest BCUT2D eigenvalue weighted by Crippen LogP contribution is 2.40. The highest BCUT2D eigenvalue weighted by molar-refractivity contribution is 5.82. The first kappa shape index (κ1) is 32.3. The maximum atomic E-state index is 5.35. The number of benzene rings is 7. The van der Waals surface area contributed by atoms with Crippen LogP contribution < -0.4 is 19.3 Å². The van der Waals surface area contributed by atoms with Gasteiger partial charge in [0, 0.05) is 34.1 Å². The lowest BCUT2D eigenvalue weighted by atomic mass is 10.0. The molecule has 0 fully saturated rings. The standard InChI is InChI=1S/C46H40N2O2/c1-33-5-17-39(18-6-33)47(41-21-9-35(10-22-41)37-13-29-45(49-3)30-14-37)43-25-27-44(28-26-43)48(40-19-7-34(2)8-20-40)42-23-11-36(12-24-42)38-15-31-46(50-4)32-16-38/h5-32H,1-4H3. The lowest BCUT2D eigenvalue weighted by Crippen LogP contribution is -2.12. The van der Waals surface area contributed by atoms with Crippen molar-refractivity contribution in [3.8, 4) is 33.8 Å². The van der Waals surface area contributed by atoms with Gasteiger partial charge in [0.05, 0.1) is 14.2 Å². The third kappa shape index (κ3) is 6.96. The van der Waals surface area contributed by atoms with Gasteiger partial charge in [-0.3, -0.25) is 0 Å². The van der Waals surface area contributed by atoms with E-state index in [1.165, 1.54) is 11.1 Å². The lowest BCUT2D eigenvalue weighted by Gasteiger charge is -2.28. The van der Waals surface area contributed by atoms with Crippen LogP contribution in [0.15, 0.2) is 170 Å². The number of rotatable bonds is 10. The van der Waals surface area contributed by atoms with Gasteiger partial charge < -0.3 is 19.3 Å². The number of hydrogen-bond donors (Lipinski definition) is 0. The topological polar surface area (TPSA) is 24.9 Å². The Bertz CT molecular complexity index is 1980. The van der Waals surface area contributed by atoms with Crippen molar-refractivity contribution < 1.29 is 9.47 Å². The molecule has 0 N–H and O–H groups in total. The maximum Gasteiger partial charge on any atom is 0.118 e. The normalized spacial score (nSPS) is 10.8. The van der Waals surface area contributed by atoms with E-state index in [2.05, 4.69) is 169 Å². The summed E-state index contributed by atoms with van der Waals surface area (Å²) in [5.41, 5.74) is 13.6. The van der Waals surface area contributed by atoms with Gasteiger partial charge in [-0.05, 0) is 133 Å². The smallest absolute Gasteiger partial charge is 0.118 e. The molecule has 4 nitrogen and oxygen atoms in total. The van der Waals surface area contributed by atoms with Crippen molar-refractivity contribution >= 4 is 34.1 Å². The Morgan fingerprint density at radius 2 is 0.480 bits per heavy atom. The molecule has 0 aliphatic rings. The fourth-order valence-corrected chi connectivity index (χ4v) is 6.21. The molecule has 7 rings (SSSR count). The lowest BCUT2D eigenvalue weighted by molar-refractivity contribution is 0.415. The molecule has 50 heavy (non-hydrogen) atoms.